The van der Waals surface area contributed by atoms with E-state index in [2.05, 4.69) is 86.2 Å². The number of furan rings is 1. The second-order valence-electron chi connectivity index (χ2n) is 13.0. The predicted octanol–water partition coefficient (Wildman–Crippen LogP) is 9.54. The van der Waals surface area contributed by atoms with E-state index < -0.39 is 8.07 Å². The maximum Gasteiger partial charge on any atom is 0.216 e. The fourth-order valence-electron chi connectivity index (χ4n) is 6.39. The summed E-state index contributed by atoms with van der Waals surface area (Å²) in [5.41, 5.74) is 9.55. The largest absolute Gasteiger partial charge is 0.486 e. The number of aryl methyl sites for hydroxylation is 2. The topological polar surface area (TPSA) is 51.8 Å². The van der Waals surface area contributed by atoms with Crippen molar-refractivity contribution in [3.05, 3.63) is 108 Å². The summed E-state index contributed by atoms with van der Waals surface area (Å²) in [7, 11) is -1.30. The number of hydrogen-bond acceptors (Lipinski definition) is 4. The van der Waals surface area contributed by atoms with E-state index in [4.69, 9.17) is 9.40 Å². The third-order valence-corrected chi connectivity index (χ3v) is 10.9. The Morgan fingerprint density at radius 1 is 0.844 bits per heavy atom. The van der Waals surface area contributed by atoms with Gasteiger partial charge in [0.1, 0.15) is 0 Å². The molecular formula is C39H41IrN3OSi-2. The van der Waals surface area contributed by atoms with Crippen LogP contribution in [0.3, 0.4) is 0 Å². The Kier molecular flexibility index (Phi) is 10.5. The number of benzene rings is 2. The van der Waals surface area contributed by atoms with Crippen molar-refractivity contribution in [2.75, 3.05) is 0 Å². The number of nitrogens with zero attached hydrogens (tertiary/aromatic N) is 3. The van der Waals surface area contributed by atoms with Crippen molar-refractivity contribution in [2.45, 2.75) is 72.0 Å². The van der Waals surface area contributed by atoms with Crippen LogP contribution in [0.4, 0.5) is 0 Å². The van der Waals surface area contributed by atoms with Gasteiger partial charge in [0, 0.05) is 44.1 Å². The molecule has 4 aromatic heterocycles. The Morgan fingerprint density at radius 3 is 2.36 bits per heavy atom. The van der Waals surface area contributed by atoms with Crippen LogP contribution in [0.1, 0.15) is 49.3 Å². The molecule has 0 bridgehead atoms. The number of aromatic nitrogens is 3. The molecule has 0 saturated heterocycles. The first-order valence-electron chi connectivity index (χ1n) is 15.9. The Balaban J connectivity index is 0.000000186. The van der Waals surface area contributed by atoms with Gasteiger partial charge in [-0.3, -0.25) is 0 Å². The van der Waals surface area contributed by atoms with Gasteiger partial charge in [-0.25, -0.2) is 4.98 Å². The van der Waals surface area contributed by atoms with Gasteiger partial charge in [-0.15, -0.1) is 54.1 Å². The molecule has 0 aliphatic heterocycles. The first-order valence-corrected chi connectivity index (χ1v) is 19.4. The van der Waals surface area contributed by atoms with Gasteiger partial charge < -0.3 is 14.4 Å². The molecule has 1 radical (unpaired) electrons. The molecule has 233 valence electrons. The van der Waals surface area contributed by atoms with Crippen LogP contribution in [0.2, 0.25) is 19.6 Å². The zero-order valence-electron chi connectivity index (χ0n) is 26.9. The summed E-state index contributed by atoms with van der Waals surface area (Å²) < 4.78 is 6.03. The van der Waals surface area contributed by atoms with Crippen LogP contribution < -0.4 is 5.19 Å². The van der Waals surface area contributed by atoms with Crippen LogP contribution in [0.5, 0.6) is 0 Å². The van der Waals surface area contributed by atoms with E-state index in [1.165, 1.54) is 47.6 Å². The summed E-state index contributed by atoms with van der Waals surface area (Å²) in [5, 5.41) is 3.58. The fraction of sp³-hybridized carbons (Fsp3) is 0.308. The van der Waals surface area contributed by atoms with Crippen LogP contribution >= 0.6 is 0 Å². The van der Waals surface area contributed by atoms with Crippen molar-refractivity contribution in [1.82, 2.24) is 15.0 Å². The molecule has 1 aliphatic carbocycles. The second kappa shape index (κ2) is 14.3. The quantitative estimate of drug-likeness (QED) is 0.125. The van der Waals surface area contributed by atoms with Crippen LogP contribution in [-0.4, -0.2) is 23.0 Å². The van der Waals surface area contributed by atoms with Crippen molar-refractivity contribution in [3.63, 3.8) is 0 Å². The van der Waals surface area contributed by atoms with Gasteiger partial charge in [-0.2, -0.15) is 0 Å². The van der Waals surface area contributed by atoms with Gasteiger partial charge in [0.05, 0.1) is 13.7 Å². The number of fused-ring (bicyclic) bond motifs is 3. The normalized spacial score (nSPS) is 13.4. The van der Waals surface area contributed by atoms with E-state index in [0.29, 0.717) is 5.71 Å². The molecule has 1 fully saturated rings. The summed E-state index contributed by atoms with van der Waals surface area (Å²) >= 11 is 0. The van der Waals surface area contributed by atoms with Crippen molar-refractivity contribution in [1.29, 1.82) is 0 Å². The molecule has 4 nitrogen and oxygen atoms in total. The molecule has 7 rings (SSSR count). The first-order chi connectivity index (χ1) is 21.3. The van der Waals surface area contributed by atoms with Crippen LogP contribution in [0.15, 0.2) is 83.7 Å². The van der Waals surface area contributed by atoms with Gasteiger partial charge >= 0.3 is 0 Å². The van der Waals surface area contributed by atoms with E-state index in [1.807, 2.05) is 42.5 Å². The standard InChI is InChI=1S/C23H21N2O.C16H20NSi.Ir/c1-15-12-21(25-14-17(15)13-16-6-2-3-7-16)20-9-4-8-18-19-10-5-11-24-23(19)26-22(18)20;1-5-13-11-15(14-9-7-6-8-10-14)17-12-16(13)18(2,3)4;/h4-5,8,10-12,14,16H,2-3,6-7,13H2,1H3;6-9,11-12H,5H2,1-4H3;/q2*-1;. The van der Waals surface area contributed by atoms with E-state index in [9.17, 15) is 0 Å². The molecule has 6 aromatic rings. The summed E-state index contributed by atoms with van der Waals surface area (Å²) in [6.07, 6.45) is 13.6. The van der Waals surface area contributed by atoms with Crippen molar-refractivity contribution >= 4 is 35.3 Å². The van der Waals surface area contributed by atoms with Crippen LogP contribution in [-0.2, 0) is 32.9 Å². The molecule has 0 atom stereocenters. The Morgan fingerprint density at radius 2 is 1.64 bits per heavy atom. The minimum atomic E-state index is -1.30. The Labute approximate surface area is 282 Å². The average Bonchev–Trinajstić information content (AvgIpc) is 3.70. The van der Waals surface area contributed by atoms with Crippen LogP contribution in [0.25, 0.3) is 44.6 Å². The zero-order valence-corrected chi connectivity index (χ0v) is 30.3. The molecule has 6 heteroatoms. The molecular weight excluding hydrogens is 747 g/mol. The second-order valence-corrected chi connectivity index (χ2v) is 18.0. The summed E-state index contributed by atoms with van der Waals surface area (Å²) in [6.45, 7) is 11.5. The Bertz CT molecular complexity index is 1890. The molecule has 0 amide bonds. The van der Waals surface area contributed by atoms with Gasteiger partial charge in [-0.1, -0.05) is 86.5 Å². The van der Waals surface area contributed by atoms with E-state index in [-0.39, 0.29) is 20.1 Å². The molecule has 1 aliphatic rings. The SMILES string of the molecule is CCc1cc(-c2[c-]cccc2)ncc1[Si](C)(C)C.Cc1cc(-c2[c-]ccc3c2oc2ncccc23)ncc1CC1CCCC1.[Ir]. The molecule has 0 N–H and O–H groups in total. The van der Waals surface area contributed by atoms with Crippen molar-refractivity contribution < 1.29 is 24.5 Å². The van der Waals surface area contributed by atoms with Crippen LogP contribution in [0, 0.1) is 25.0 Å². The van der Waals surface area contributed by atoms with E-state index >= 15 is 0 Å². The maximum absolute atomic E-state index is 6.03. The molecule has 1 saturated carbocycles. The van der Waals surface area contributed by atoms with E-state index in [0.717, 1.165) is 57.6 Å². The summed E-state index contributed by atoms with van der Waals surface area (Å²) in [5.74, 6) is 0.831. The summed E-state index contributed by atoms with van der Waals surface area (Å²) in [6, 6.07) is 27.0. The monoisotopic (exact) mass is 788 g/mol. The third kappa shape index (κ3) is 7.35. The van der Waals surface area contributed by atoms with E-state index in [1.54, 1.807) is 6.20 Å². The van der Waals surface area contributed by atoms with Crippen molar-refractivity contribution in [3.8, 4) is 22.5 Å². The minimum absolute atomic E-state index is 0. The number of hydrogen-bond donors (Lipinski definition) is 0. The van der Waals surface area contributed by atoms with Gasteiger partial charge in [0.25, 0.3) is 0 Å². The Hall–Kier alpha value is -3.44. The number of pyridine rings is 3. The summed E-state index contributed by atoms with van der Waals surface area (Å²) in [4.78, 5) is 13.7. The predicted molar refractivity (Wildman–Crippen MR) is 185 cm³/mol. The molecule has 45 heavy (non-hydrogen) atoms. The fourth-order valence-corrected chi connectivity index (χ4v) is 8.06. The van der Waals surface area contributed by atoms with Gasteiger partial charge in [0.2, 0.25) is 5.71 Å². The average molecular weight is 788 g/mol. The van der Waals surface area contributed by atoms with Gasteiger partial charge in [-0.05, 0) is 60.0 Å². The third-order valence-electron chi connectivity index (χ3n) is 8.83. The molecule has 0 unspecified atom stereocenters. The zero-order chi connectivity index (χ0) is 30.7. The maximum atomic E-state index is 6.03. The molecule has 2 aromatic carbocycles. The smallest absolute Gasteiger partial charge is 0.216 e. The van der Waals surface area contributed by atoms with Gasteiger partial charge in [0.15, 0.2) is 0 Å². The minimum Gasteiger partial charge on any atom is -0.486 e. The molecule has 0 spiro atoms. The first kappa shape index (κ1) is 32.9. The van der Waals surface area contributed by atoms with Crippen molar-refractivity contribution in [2.24, 2.45) is 5.92 Å². The molecule has 4 heterocycles. The number of rotatable bonds is 6.